The first-order valence-electron chi connectivity index (χ1n) is 3.01. The number of rotatable bonds is 1. The third kappa shape index (κ3) is 1.93. The monoisotopic (exact) mass is 296 g/mol. The van der Waals surface area contributed by atoms with Crippen molar-refractivity contribution in [3.05, 3.63) is 40.4 Å². The summed E-state index contributed by atoms with van der Waals surface area (Å²) in [4.78, 5) is 0. The number of hydrogen-bond donors (Lipinski definition) is 0. The molecule has 0 heterocycles. The van der Waals surface area contributed by atoms with Gasteiger partial charge in [-0.3, -0.25) is 0 Å². The van der Waals surface area contributed by atoms with E-state index >= 15 is 0 Å². The Kier molecular flexibility index (Phi) is 3.01. The Bertz CT molecular complexity index is 334. The average Bonchev–Trinajstić information content (AvgIpc) is 1.96. The molecule has 1 rings (SSSR count). The van der Waals surface area contributed by atoms with E-state index in [1.165, 1.54) is 6.07 Å². The predicted molar refractivity (Wildman–Crippen MR) is 52.0 cm³/mol. The van der Waals surface area contributed by atoms with Crippen LogP contribution in [0.25, 0.3) is 4.48 Å². The van der Waals surface area contributed by atoms with Crippen molar-refractivity contribution in [2.24, 2.45) is 0 Å². The lowest BCUT2D eigenvalue weighted by Crippen LogP contribution is -1.88. The highest BCUT2D eigenvalue weighted by Gasteiger charge is 2.08. The molecule has 0 aromatic heterocycles. The molecule has 0 atom stereocenters. The zero-order valence-electron chi connectivity index (χ0n) is 5.87. The summed E-state index contributed by atoms with van der Waals surface area (Å²) in [5.41, 5.74) is 0.253. The predicted octanol–water partition coefficient (Wildman–Crippen LogP) is 4.09. The zero-order chi connectivity index (χ0) is 9.30. The first kappa shape index (κ1) is 9.86. The Morgan fingerprint density at radius 2 is 1.83 bits per heavy atom. The van der Waals surface area contributed by atoms with E-state index < -0.39 is 11.6 Å². The number of hydrogen-bond acceptors (Lipinski definition) is 0. The molecule has 0 saturated carbocycles. The van der Waals surface area contributed by atoms with Gasteiger partial charge in [0.1, 0.15) is 11.6 Å². The Morgan fingerprint density at radius 1 is 1.25 bits per heavy atom. The molecular weight excluding hydrogens is 294 g/mol. The molecule has 0 radical (unpaired) electrons. The van der Waals surface area contributed by atoms with Crippen LogP contribution < -0.4 is 0 Å². The van der Waals surface area contributed by atoms with Crippen LogP contribution >= 0.6 is 31.9 Å². The summed E-state index contributed by atoms with van der Waals surface area (Å²) in [6.45, 7) is 3.49. The maximum absolute atomic E-state index is 12.9. The fourth-order valence-electron chi connectivity index (χ4n) is 0.730. The van der Waals surface area contributed by atoms with Gasteiger partial charge in [0, 0.05) is 16.1 Å². The van der Waals surface area contributed by atoms with E-state index in [-0.39, 0.29) is 10.0 Å². The molecule has 0 unspecified atom stereocenters. The molecule has 1 aromatic carbocycles. The summed E-state index contributed by atoms with van der Waals surface area (Å²) < 4.78 is 26.2. The van der Waals surface area contributed by atoms with E-state index in [4.69, 9.17) is 0 Å². The van der Waals surface area contributed by atoms with Gasteiger partial charge in [-0.1, -0.05) is 22.5 Å². The second-order valence-corrected chi connectivity index (χ2v) is 3.96. The van der Waals surface area contributed by atoms with Gasteiger partial charge >= 0.3 is 0 Å². The highest BCUT2D eigenvalue weighted by Crippen LogP contribution is 2.27. The van der Waals surface area contributed by atoms with Gasteiger partial charge in [-0.25, -0.2) is 8.78 Å². The van der Waals surface area contributed by atoms with Crippen LogP contribution in [-0.2, 0) is 0 Å². The summed E-state index contributed by atoms with van der Waals surface area (Å²) in [5.74, 6) is -1.25. The summed E-state index contributed by atoms with van der Waals surface area (Å²) in [6.07, 6.45) is 0. The lowest BCUT2D eigenvalue weighted by molar-refractivity contribution is 0.577. The highest BCUT2D eigenvalue weighted by molar-refractivity contribution is 9.15. The first-order valence-corrected chi connectivity index (χ1v) is 4.60. The lowest BCUT2D eigenvalue weighted by Gasteiger charge is -2.01. The van der Waals surface area contributed by atoms with Gasteiger partial charge in [-0.2, -0.15) is 0 Å². The molecule has 0 aliphatic rings. The van der Waals surface area contributed by atoms with Crippen LogP contribution in [0.1, 0.15) is 5.56 Å². The van der Waals surface area contributed by atoms with Crippen molar-refractivity contribution in [1.82, 2.24) is 0 Å². The summed E-state index contributed by atoms with van der Waals surface area (Å²) in [5, 5.41) is 0. The van der Waals surface area contributed by atoms with Crippen molar-refractivity contribution >= 4 is 36.3 Å². The van der Waals surface area contributed by atoms with Crippen molar-refractivity contribution in [2.75, 3.05) is 0 Å². The van der Waals surface area contributed by atoms with E-state index in [0.29, 0.717) is 4.48 Å². The summed E-state index contributed by atoms with van der Waals surface area (Å²) in [6, 6.07) is 2.15. The molecule has 12 heavy (non-hydrogen) atoms. The zero-order valence-corrected chi connectivity index (χ0v) is 9.05. The van der Waals surface area contributed by atoms with Crippen molar-refractivity contribution in [1.29, 1.82) is 0 Å². The topological polar surface area (TPSA) is 0 Å². The summed E-state index contributed by atoms with van der Waals surface area (Å²) >= 11 is 5.96. The molecule has 0 amide bonds. The second-order valence-electron chi connectivity index (χ2n) is 2.15. The quantitative estimate of drug-likeness (QED) is 0.685. The maximum Gasteiger partial charge on any atom is 0.140 e. The molecule has 0 bridgehead atoms. The molecule has 0 fully saturated rings. The van der Waals surface area contributed by atoms with Crippen molar-refractivity contribution in [3.8, 4) is 0 Å². The van der Waals surface area contributed by atoms with Crippen molar-refractivity contribution in [3.63, 3.8) is 0 Å². The minimum absolute atomic E-state index is 0.222. The smallest absolute Gasteiger partial charge is 0.140 e. The molecule has 0 N–H and O–H groups in total. The van der Waals surface area contributed by atoms with Crippen molar-refractivity contribution in [2.45, 2.75) is 0 Å². The molecule has 1 aromatic rings. The summed E-state index contributed by atoms with van der Waals surface area (Å²) in [7, 11) is 0. The van der Waals surface area contributed by atoms with Gasteiger partial charge < -0.3 is 0 Å². The SMILES string of the molecule is C=C(Br)c1cc(Br)c(F)cc1F. The van der Waals surface area contributed by atoms with Crippen LogP contribution in [0.4, 0.5) is 8.78 Å². The van der Waals surface area contributed by atoms with Crippen LogP contribution in [0.15, 0.2) is 23.2 Å². The minimum atomic E-state index is -0.627. The van der Waals surface area contributed by atoms with Gasteiger partial charge in [0.2, 0.25) is 0 Å². The largest absolute Gasteiger partial charge is 0.206 e. The van der Waals surface area contributed by atoms with Crippen LogP contribution in [0, 0.1) is 11.6 Å². The normalized spacial score (nSPS) is 10.0. The molecule has 0 saturated heterocycles. The van der Waals surface area contributed by atoms with E-state index in [1.54, 1.807) is 0 Å². The number of benzene rings is 1. The van der Waals surface area contributed by atoms with Gasteiger partial charge in [0.25, 0.3) is 0 Å². The Labute approximate surface area is 85.5 Å². The van der Waals surface area contributed by atoms with Gasteiger partial charge in [-0.15, -0.1) is 0 Å². The lowest BCUT2D eigenvalue weighted by atomic mass is 10.2. The van der Waals surface area contributed by atoms with E-state index in [9.17, 15) is 8.78 Å². The Balaban J connectivity index is 3.33. The van der Waals surface area contributed by atoms with Gasteiger partial charge in [0.05, 0.1) is 4.47 Å². The molecular formula is C8H4Br2F2. The van der Waals surface area contributed by atoms with E-state index in [2.05, 4.69) is 38.4 Å². The molecule has 64 valence electrons. The number of halogens is 4. The first-order chi connectivity index (χ1) is 5.52. The highest BCUT2D eigenvalue weighted by atomic mass is 79.9. The minimum Gasteiger partial charge on any atom is -0.206 e. The Hall–Kier alpha value is -0.220. The fraction of sp³-hybridized carbons (Fsp3) is 0. The van der Waals surface area contributed by atoms with E-state index in [1.807, 2.05) is 0 Å². The Morgan fingerprint density at radius 3 is 2.33 bits per heavy atom. The fourth-order valence-corrected chi connectivity index (χ4v) is 1.38. The third-order valence-electron chi connectivity index (χ3n) is 1.30. The van der Waals surface area contributed by atoms with Gasteiger partial charge in [-0.05, 0) is 22.0 Å². The molecule has 0 aliphatic heterocycles. The third-order valence-corrected chi connectivity index (χ3v) is 2.34. The molecule has 0 aliphatic carbocycles. The molecule has 0 spiro atoms. The maximum atomic E-state index is 12.9. The van der Waals surface area contributed by atoms with Crippen LogP contribution in [0.3, 0.4) is 0 Å². The second kappa shape index (κ2) is 3.66. The average molecular weight is 298 g/mol. The van der Waals surface area contributed by atoms with E-state index in [0.717, 1.165) is 6.07 Å². The van der Waals surface area contributed by atoms with Crippen LogP contribution in [0.5, 0.6) is 0 Å². The van der Waals surface area contributed by atoms with Crippen LogP contribution in [0.2, 0.25) is 0 Å². The molecule has 4 heteroatoms. The standard InChI is InChI=1S/C8H4Br2F2/c1-4(9)5-2-6(10)8(12)3-7(5)11/h2-3H,1H2. The molecule has 0 nitrogen and oxygen atoms in total. The van der Waals surface area contributed by atoms with Gasteiger partial charge in [0.15, 0.2) is 0 Å². The van der Waals surface area contributed by atoms with Crippen molar-refractivity contribution < 1.29 is 8.78 Å². The van der Waals surface area contributed by atoms with Crippen LogP contribution in [-0.4, -0.2) is 0 Å².